The first-order valence-corrected chi connectivity index (χ1v) is 8.56. The lowest BCUT2D eigenvalue weighted by Gasteiger charge is -2.23. The van der Waals surface area contributed by atoms with E-state index in [1.165, 1.54) is 17.0 Å². The minimum absolute atomic E-state index is 0. The molecule has 2 N–H and O–H groups in total. The average molecular weight is 399 g/mol. The second-order valence-electron chi connectivity index (χ2n) is 6.69. The molecule has 1 amide bonds. The van der Waals surface area contributed by atoms with Crippen molar-refractivity contribution >= 4 is 18.3 Å². The largest absolute Gasteiger partial charge is 0.396 e. The summed E-state index contributed by atoms with van der Waals surface area (Å²) in [5.74, 6) is -2.37. The third-order valence-electron chi connectivity index (χ3n) is 4.92. The van der Waals surface area contributed by atoms with Crippen LogP contribution < -0.4 is 5.73 Å². The number of hydrogen-bond donors (Lipinski definition) is 1. The van der Waals surface area contributed by atoms with E-state index in [1.807, 2.05) is 30.3 Å². The van der Waals surface area contributed by atoms with Gasteiger partial charge in [-0.1, -0.05) is 60.7 Å². The van der Waals surface area contributed by atoms with Gasteiger partial charge in [-0.15, -0.1) is 12.4 Å². The lowest BCUT2D eigenvalue weighted by Crippen LogP contribution is -2.35. The summed E-state index contributed by atoms with van der Waals surface area (Å²) in [4.78, 5) is 14.0. The molecule has 1 saturated heterocycles. The molecule has 0 spiro atoms. The zero-order valence-corrected chi connectivity index (χ0v) is 15.4. The summed E-state index contributed by atoms with van der Waals surface area (Å²) >= 11 is 0. The van der Waals surface area contributed by atoms with Crippen molar-refractivity contribution in [1.82, 2.24) is 4.90 Å². The molecule has 2 aromatic carbocycles. The topological polar surface area (TPSA) is 46.3 Å². The first-order chi connectivity index (χ1) is 12.4. The number of nitrogens with two attached hydrogens (primary N) is 1. The van der Waals surface area contributed by atoms with Crippen molar-refractivity contribution in [2.75, 3.05) is 13.1 Å². The molecule has 27 heavy (non-hydrogen) atoms. The lowest BCUT2D eigenvalue weighted by molar-refractivity contribution is -0.160. The molecule has 1 unspecified atom stereocenters. The Hall–Kier alpha value is -2.05. The van der Waals surface area contributed by atoms with E-state index >= 15 is 0 Å². The van der Waals surface area contributed by atoms with Gasteiger partial charge in [0, 0.05) is 31.5 Å². The molecule has 3 atom stereocenters. The van der Waals surface area contributed by atoms with Crippen LogP contribution in [0.1, 0.15) is 29.4 Å². The Bertz CT molecular complexity index is 740. The highest BCUT2D eigenvalue weighted by atomic mass is 35.5. The number of halogens is 4. The zero-order chi connectivity index (χ0) is 18.7. The van der Waals surface area contributed by atoms with E-state index in [0.717, 1.165) is 5.56 Å². The molecule has 0 aliphatic carbocycles. The Labute approximate surface area is 162 Å². The van der Waals surface area contributed by atoms with Crippen molar-refractivity contribution in [3.8, 4) is 0 Å². The third-order valence-corrected chi connectivity index (χ3v) is 4.92. The Morgan fingerprint density at radius 3 is 2.15 bits per heavy atom. The summed E-state index contributed by atoms with van der Waals surface area (Å²) in [7, 11) is 0. The van der Waals surface area contributed by atoms with Gasteiger partial charge in [0.1, 0.15) is 0 Å². The van der Waals surface area contributed by atoms with Crippen molar-refractivity contribution in [3.63, 3.8) is 0 Å². The first-order valence-electron chi connectivity index (χ1n) is 8.56. The molecule has 3 rings (SSSR count). The molecule has 7 heteroatoms. The predicted molar refractivity (Wildman–Crippen MR) is 101 cm³/mol. The fourth-order valence-electron chi connectivity index (χ4n) is 3.50. The molecule has 0 bridgehead atoms. The summed E-state index contributed by atoms with van der Waals surface area (Å²) < 4.78 is 40.4. The van der Waals surface area contributed by atoms with Crippen LogP contribution in [0.3, 0.4) is 0 Å². The van der Waals surface area contributed by atoms with Gasteiger partial charge >= 0.3 is 6.18 Å². The first kappa shape index (κ1) is 21.3. The SMILES string of the molecule is Cl.N[C@@H]1CN(C(=O)CC(c2ccccc2)C(F)(F)F)C[C@H]1c1ccccc1. The standard InChI is InChI=1S/C20H21F3N2O.ClH/c21-20(22,23)17(15-9-5-2-6-10-15)11-19(26)25-12-16(18(24)13-25)14-7-3-1-4-8-14;/h1-10,16-18H,11-13,24H2;1H/t16-,17?,18+;/m0./s1. The summed E-state index contributed by atoms with van der Waals surface area (Å²) in [6, 6.07) is 16.8. The van der Waals surface area contributed by atoms with Crippen LogP contribution in [-0.2, 0) is 4.79 Å². The minimum Gasteiger partial charge on any atom is -0.340 e. The maximum absolute atomic E-state index is 13.5. The van der Waals surface area contributed by atoms with Crippen LogP contribution >= 0.6 is 12.4 Å². The number of carbonyl (C=O) groups is 1. The molecule has 0 aromatic heterocycles. The van der Waals surface area contributed by atoms with Crippen molar-refractivity contribution in [2.24, 2.45) is 5.73 Å². The smallest absolute Gasteiger partial charge is 0.340 e. The second kappa shape index (κ2) is 8.76. The Morgan fingerprint density at radius 1 is 1.04 bits per heavy atom. The quantitative estimate of drug-likeness (QED) is 0.842. The zero-order valence-electron chi connectivity index (χ0n) is 14.6. The van der Waals surface area contributed by atoms with Gasteiger partial charge in [0.25, 0.3) is 0 Å². The Balaban J connectivity index is 0.00000261. The van der Waals surface area contributed by atoms with Gasteiger partial charge in [-0.25, -0.2) is 0 Å². The van der Waals surface area contributed by atoms with Crippen LogP contribution in [0.25, 0.3) is 0 Å². The van der Waals surface area contributed by atoms with E-state index in [2.05, 4.69) is 0 Å². The molecule has 146 valence electrons. The van der Waals surface area contributed by atoms with E-state index in [1.54, 1.807) is 18.2 Å². The van der Waals surface area contributed by atoms with Crippen LogP contribution in [-0.4, -0.2) is 36.1 Å². The molecule has 1 fully saturated rings. The number of rotatable bonds is 4. The third kappa shape index (κ3) is 5.02. The highest BCUT2D eigenvalue weighted by Crippen LogP contribution is 2.38. The lowest BCUT2D eigenvalue weighted by atomic mass is 9.94. The number of carbonyl (C=O) groups excluding carboxylic acids is 1. The summed E-state index contributed by atoms with van der Waals surface area (Å²) in [6.45, 7) is 0.626. The number of hydrogen-bond acceptors (Lipinski definition) is 2. The molecule has 2 aromatic rings. The van der Waals surface area contributed by atoms with E-state index in [0.29, 0.717) is 6.54 Å². The molecule has 3 nitrogen and oxygen atoms in total. The molecule has 1 heterocycles. The van der Waals surface area contributed by atoms with E-state index in [4.69, 9.17) is 5.73 Å². The van der Waals surface area contributed by atoms with Crippen molar-refractivity contribution in [2.45, 2.75) is 30.5 Å². The fraction of sp³-hybridized carbons (Fsp3) is 0.350. The van der Waals surface area contributed by atoms with E-state index < -0.39 is 24.4 Å². The molecule has 1 aliphatic heterocycles. The normalized spacial score (nSPS) is 20.8. The second-order valence-corrected chi connectivity index (χ2v) is 6.69. The predicted octanol–water partition coefficient (Wildman–Crippen LogP) is 4.10. The monoisotopic (exact) mass is 398 g/mol. The fourth-order valence-corrected chi connectivity index (χ4v) is 3.50. The van der Waals surface area contributed by atoms with Crippen LogP contribution in [0.4, 0.5) is 13.2 Å². The highest BCUT2D eigenvalue weighted by Gasteiger charge is 2.43. The summed E-state index contributed by atoms with van der Waals surface area (Å²) in [6.07, 6.45) is -5.07. The minimum atomic E-state index is -4.47. The maximum Gasteiger partial charge on any atom is 0.396 e. The van der Waals surface area contributed by atoms with Gasteiger partial charge in [-0.2, -0.15) is 13.2 Å². The Kier molecular flexibility index (Phi) is 6.89. The molecular weight excluding hydrogens is 377 g/mol. The number of benzene rings is 2. The van der Waals surface area contributed by atoms with Crippen LogP contribution in [0.15, 0.2) is 60.7 Å². The molecule has 0 radical (unpaired) electrons. The van der Waals surface area contributed by atoms with Crippen molar-refractivity contribution < 1.29 is 18.0 Å². The van der Waals surface area contributed by atoms with Crippen LogP contribution in [0.5, 0.6) is 0 Å². The van der Waals surface area contributed by atoms with Crippen molar-refractivity contribution in [3.05, 3.63) is 71.8 Å². The van der Waals surface area contributed by atoms with Gasteiger partial charge in [0.2, 0.25) is 5.91 Å². The highest BCUT2D eigenvalue weighted by molar-refractivity contribution is 5.85. The van der Waals surface area contributed by atoms with Gasteiger partial charge in [-0.05, 0) is 11.1 Å². The number of likely N-dealkylation sites (tertiary alicyclic amines) is 1. The van der Waals surface area contributed by atoms with Gasteiger partial charge in [-0.3, -0.25) is 4.79 Å². The van der Waals surface area contributed by atoms with Crippen LogP contribution in [0, 0.1) is 0 Å². The summed E-state index contributed by atoms with van der Waals surface area (Å²) in [5, 5.41) is 0. The van der Waals surface area contributed by atoms with E-state index in [9.17, 15) is 18.0 Å². The summed E-state index contributed by atoms with van der Waals surface area (Å²) in [5.41, 5.74) is 7.26. The van der Waals surface area contributed by atoms with Gasteiger partial charge in [0.15, 0.2) is 0 Å². The maximum atomic E-state index is 13.5. The average Bonchev–Trinajstić information content (AvgIpc) is 3.02. The Morgan fingerprint density at radius 2 is 1.59 bits per heavy atom. The van der Waals surface area contributed by atoms with Gasteiger partial charge < -0.3 is 10.6 Å². The van der Waals surface area contributed by atoms with Crippen LogP contribution in [0.2, 0.25) is 0 Å². The van der Waals surface area contributed by atoms with E-state index in [-0.39, 0.29) is 36.5 Å². The number of amides is 1. The van der Waals surface area contributed by atoms with Gasteiger partial charge in [0.05, 0.1) is 5.92 Å². The molecule has 1 aliphatic rings. The number of alkyl halides is 3. The molecule has 0 saturated carbocycles. The number of nitrogens with zero attached hydrogens (tertiary/aromatic N) is 1. The molecular formula is C20H22ClF3N2O. The van der Waals surface area contributed by atoms with Crippen molar-refractivity contribution in [1.29, 1.82) is 0 Å².